The minimum absolute atomic E-state index is 0.412. The molecule has 1 aromatic carbocycles. The van der Waals surface area contributed by atoms with E-state index in [2.05, 4.69) is 11.4 Å². The summed E-state index contributed by atoms with van der Waals surface area (Å²) in [5.74, 6) is 1.23. The van der Waals surface area contributed by atoms with E-state index < -0.39 is 0 Å². The van der Waals surface area contributed by atoms with Crippen LogP contribution in [-0.4, -0.2) is 6.61 Å². The Morgan fingerprint density at radius 3 is 2.82 bits per heavy atom. The van der Waals surface area contributed by atoms with Crippen LogP contribution in [0.3, 0.4) is 0 Å². The number of thiophene rings is 1. The van der Waals surface area contributed by atoms with Crippen molar-refractivity contribution in [3.05, 3.63) is 51.2 Å². The fraction of sp³-hybridized carbons (Fsp3) is 0.231. The van der Waals surface area contributed by atoms with Gasteiger partial charge < -0.3 is 4.74 Å². The normalized spacial score (nSPS) is 10.5. The molecule has 0 bridgehead atoms. The smallest absolute Gasteiger partial charge is 0.123 e. The molecule has 90 valence electrons. The maximum absolute atomic E-state index is 5.90. The van der Waals surface area contributed by atoms with Crippen LogP contribution in [0.1, 0.15) is 10.4 Å². The Kier molecular flexibility index (Phi) is 4.72. The molecule has 0 radical (unpaired) electrons. The molecule has 1 aromatic heterocycles. The first-order valence-corrected chi connectivity index (χ1v) is 7.08. The number of rotatable bonds is 5. The highest BCUT2D eigenvalue weighted by atomic mass is 35.5. The van der Waals surface area contributed by atoms with Gasteiger partial charge in [-0.3, -0.25) is 0 Å². The first-order chi connectivity index (χ1) is 8.29. The molecule has 0 fully saturated rings. The van der Waals surface area contributed by atoms with Crippen molar-refractivity contribution in [3.63, 3.8) is 0 Å². The topological polar surface area (TPSA) is 9.23 Å². The Balaban J connectivity index is 1.94. The SMILES string of the molecule is ClCc1cc(Cl)ccc1OCCc1cccs1. The van der Waals surface area contributed by atoms with E-state index in [-0.39, 0.29) is 0 Å². The number of hydrogen-bond acceptors (Lipinski definition) is 2. The lowest BCUT2D eigenvalue weighted by molar-refractivity contribution is 0.320. The zero-order chi connectivity index (χ0) is 12.1. The monoisotopic (exact) mass is 286 g/mol. The molecule has 0 amide bonds. The van der Waals surface area contributed by atoms with Crippen LogP contribution < -0.4 is 4.74 Å². The summed E-state index contributed by atoms with van der Waals surface area (Å²) in [6.07, 6.45) is 0.919. The van der Waals surface area contributed by atoms with E-state index in [0.29, 0.717) is 17.5 Å². The highest BCUT2D eigenvalue weighted by Crippen LogP contribution is 2.24. The Hall–Kier alpha value is -0.700. The highest BCUT2D eigenvalue weighted by molar-refractivity contribution is 7.09. The third-order valence-electron chi connectivity index (χ3n) is 2.35. The van der Waals surface area contributed by atoms with Crippen molar-refractivity contribution in [2.75, 3.05) is 6.61 Å². The molecule has 1 heterocycles. The van der Waals surface area contributed by atoms with Crippen molar-refractivity contribution < 1.29 is 4.74 Å². The molecular formula is C13H12Cl2OS. The van der Waals surface area contributed by atoms with Crippen LogP contribution in [0.4, 0.5) is 0 Å². The largest absolute Gasteiger partial charge is 0.493 e. The molecule has 0 aliphatic rings. The van der Waals surface area contributed by atoms with Gasteiger partial charge >= 0.3 is 0 Å². The van der Waals surface area contributed by atoms with Gasteiger partial charge in [0.1, 0.15) is 5.75 Å². The maximum Gasteiger partial charge on any atom is 0.123 e. The third-order valence-corrected chi connectivity index (χ3v) is 3.81. The van der Waals surface area contributed by atoms with E-state index >= 15 is 0 Å². The molecule has 0 saturated carbocycles. The first kappa shape index (κ1) is 12.7. The van der Waals surface area contributed by atoms with Crippen LogP contribution in [0.15, 0.2) is 35.7 Å². The molecule has 2 aromatic rings. The summed E-state index contributed by atoms with van der Waals surface area (Å²) in [5, 5.41) is 2.76. The van der Waals surface area contributed by atoms with Crippen molar-refractivity contribution in [3.8, 4) is 5.75 Å². The van der Waals surface area contributed by atoms with Crippen LogP contribution in [0.25, 0.3) is 0 Å². The highest BCUT2D eigenvalue weighted by Gasteiger charge is 2.04. The van der Waals surface area contributed by atoms with Crippen LogP contribution >= 0.6 is 34.5 Å². The van der Waals surface area contributed by atoms with E-state index in [9.17, 15) is 0 Å². The van der Waals surface area contributed by atoms with Crippen LogP contribution in [0, 0.1) is 0 Å². The van der Waals surface area contributed by atoms with Crippen LogP contribution in [-0.2, 0) is 12.3 Å². The molecule has 0 spiro atoms. The van der Waals surface area contributed by atoms with Gasteiger partial charge in [0.25, 0.3) is 0 Å². The lowest BCUT2D eigenvalue weighted by Crippen LogP contribution is -2.01. The van der Waals surface area contributed by atoms with Crippen molar-refractivity contribution in [2.45, 2.75) is 12.3 Å². The average Bonchev–Trinajstić information content (AvgIpc) is 2.84. The quantitative estimate of drug-likeness (QED) is 0.720. The van der Waals surface area contributed by atoms with Crippen LogP contribution in [0.2, 0.25) is 5.02 Å². The molecular weight excluding hydrogens is 275 g/mol. The zero-order valence-electron chi connectivity index (χ0n) is 9.16. The summed E-state index contributed by atoms with van der Waals surface area (Å²) >= 11 is 13.5. The van der Waals surface area contributed by atoms with Crippen molar-refractivity contribution in [2.24, 2.45) is 0 Å². The molecule has 0 aliphatic carbocycles. The van der Waals surface area contributed by atoms with E-state index in [1.54, 1.807) is 11.3 Å². The summed E-state index contributed by atoms with van der Waals surface area (Å²) in [4.78, 5) is 1.33. The second kappa shape index (κ2) is 6.29. The van der Waals surface area contributed by atoms with Crippen molar-refractivity contribution in [1.82, 2.24) is 0 Å². The number of halogens is 2. The van der Waals surface area contributed by atoms with E-state index in [1.165, 1.54) is 4.88 Å². The summed E-state index contributed by atoms with van der Waals surface area (Å²) in [7, 11) is 0. The fourth-order valence-electron chi connectivity index (χ4n) is 1.51. The summed E-state index contributed by atoms with van der Waals surface area (Å²) in [6, 6.07) is 9.69. The van der Waals surface area contributed by atoms with Gasteiger partial charge in [-0.1, -0.05) is 17.7 Å². The molecule has 0 saturated heterocycles. The standard InChI is InChI=1S/C13H12Cl2OS/c14-9-10-8-11(15)3-4-13(10)16-6-5-12-2-1-7-17-12/h1-4,7-8H,5-6,9H2. The van der Waals surface area contributed by atoms with E-state index in [4.69, 9.17) is 27.9 Å². The van der Waals surface area contributed by atoms with Gasteiger partial charge in [-0.25, -0.2) is 0 Å². The van der Waals surface area contributed by atoms with Gasteiger partial charge in [-0.05, 0) is 29.6 Å². The number of alkyl halides is 1. The van der Waals surface area contributed by atoms with Gasteiger partial charge in [-0.2, -0.15) is 0 Å². The Morgan fingerprint density at radius 2 is 2.12 bits per heavy atom. The van der Waals surface area contributed by atoms with E-state index in [0.717, 1.165) is 17.7 Å². The predicted molar refractivity (Wildman–Crippen MR) is 74.5 cm³/mol. The zero-order valence-corrected chi connectivity index (χ0v) is 11.5. The fourth-order valence-corrected chi connectivity index (χ4v) is 2.60. The number of hydrogen-bond donors (Lipinski definition) is 0. The molecule has 0 atom stereocenters. The summed E-state index contributed by atoms with van der Waals surface area (Å²) < 4.78 is 5.72. The summed E-state index contributed by atoms with van der Waals surface area (Å²) in [5.41, 5.74) is 0.936. The molecule has 17 heavy (non-hydrogen) atoms. The maximum atomic E-state index is 5.90. The average molecular weight is 287 g/mol. The van der Waals surface area contributed by atoms with Gasteiger partial charge in [0, 0.05) is 21.9 Å². The number of ether oxygens (including phenoxy) is 1. The van der Waals surface area contributed by atoms with Gasteiger partial charge in [0.2, 0.25) is 0 Å². The molecule has 1 nitrogen and oxygen atoms in total. The minimum atomic E-state index is 0.412. The first-order valence-electron chi connectivity index (χ1n) is 5.29. The Morgan fingerprint density at radius 1 is 1.24 bits per heavy atom. The Bertz CT molecular complexity index is 468. The second-order valence-corrected chi connectivity index (χ2v) is 5.30. The van der Waals surface area contributed by atoms with Crippen molar-refractivity contribution >= 4 is 34.5 Å². The van der Waals surface area contributed by atoms with Gasteiger partial charge in [0.05, 0.1) is 12.5 Å². The Labute approximate surface area is 115 Å². The lowest BCUT2D eigenvalue weighted by Gasteiger charge is -2.09. The molecule has 0 unspecified atom stereocenters. The molecule has 0 aliphatic heterocycles. The summed E-state index contributed by atoms with van der Waals surface area (Å²) in [6.45, 7) is 0.659. The minimum Gasteiger partial charge on any atom is -0.493 e. The third kappa shape index (κ3) is 3.63. The van der Waals surface area contributed by atoms with Gasteiger partial charge in [-0.15, -0.1) is 22.9 Å². The van der Waals surface area contributed by atoms with Gasteiger partial charge in [0.15, 0.2) is 0 Å². The second-order valence-electron chi connectivity index (χ2n) is 3.56. The lowest BCUT2D eigenvalue weighted by atomic mass is 10.2. The van der Waals surface area contributed by atoms with Crippen LogP contribution in [0.5, 0.6) is 5.75 Å². The molecule has 2 rings (SSSR count). The molecule has 4 heteroatoms. The molecule has 0 N–H and O–H groups in total. The number of benzene rings is 1. The predicted octanol–water partition coefficient (Wildman–Crippen LogP) is 4.76. The van der Waals surface area contributed by atoms with E-state index in [1.807, 2.05) is 24.3 Å². The van der Waals surface area contributed by atoms with Crippen molar-refractivity contribution in [1.29, 1.82) is 0 Å².